The third kappa shape index (κ3) is 2.13. The molecule has 0 aromatic carbocycles. The summed E-state index contributed by atoms with van der Waals surface area (Å²) in [7, 11) is 2.20. The molecule has 14 heavy (non-hydrogen) atoms. The predicted octanol–water partition coefficient (Wildman–Crippen LogP) is 2.20. The quantitative estimate of drug-likeness (QED) is 0.675. The van der Waals surface area contributed by atoms with E-state index >= 15 is 0 Å². The predicted molar refractivity (Wildman–Crippen MR) is 58.4 cm³/mol. The van der Waals surface area contributed by atoms with Gasteiger partial charge >= 0.3 is 0 Å². The summed E-state index contributed by atoms with van der Waals surface area (Å²) in [6.45, 7) is 4.56. The Hall–Kier alpha value is -0.890. The van der Waals surface area contributed by atoms with Crippen LogP contribution in [0.15, 0.2) is 18.5 Å². The van der Waals surface area contributed by atoms with Crippen molar-refractivity contribution in [2.45, 2.75) is 25.7 Å². The first-order valence-corrected chi connectivity index (χ1v) is 5.36. The topological polar surface area (TPSA) is 16.1 Å². The van der Waals surface area contributed by atoms with Gasteiger partial charge in [-0.2, -0.15) is 0 Å². The van der Waals surface area contributed by atoms with Crippen molar-refractivity contribution in [2.24, 2.45) is 0 Å². The van der Waals surface area contributed by atoms with Crippen molar-refractivity contribution in [3.63, 3.8) is 0 Å². The minimum Gasteiger partial charge on any atom is -0.306 e. The molecule has 1 aliphatic rings. The molecule has 2 heteroatoms. The molecule has 2 heterocycles. The maximum Gasteiger partial charge on any atom is 0.0302 e. The zero-order chi connectivity index (χ0) is 9.97. The number of hydrogen-bond donors (Lipinski definition) is 0. The highest BCUT2D eigenvalue weighted by Gasteiger charge is 2.18. The van der Waals surface area contributed by atoms with Gasteiger partial charge in [-0.3, -0.25) is 4.98 Å². The fourth-order valence-electron chi connectivity index (χ4n) is 2.14. The molecule has 1 aromatic heterocycles. The Morgan fingerprint density at radius 3 is 2.64 bits per heavy atom. The van der Waals surface area contributed by atoms with E-state index in [0.717, 1.165) is 5.92 Å². The average Bonchev–Trinajstić information content (AvgIpc) is 2.19. The third-order valence-electron chi connectivity index (χ3n) is 3.09. The molecule has 0 N–H and O–H groups in total. The number of rotatable bonds is 1. The highest BCUT2D eigenvalue weighted by atomic mass is 15.1. The summed E-state index contributed by atoms with van der Waals surface area (Å²) in [6.07, 6.45) is 6.52. The first kappa shape index (κ1) is 9.66. The number of likely N-dealkylation sites (tertiary alicyclic amines) is 1. The summed E-state index contributed by atoms with van der Waals surface area (Å²) in [5.74, 6) is 0.735. The maximum atomic E-state index is 4.26. The molecule has 0 unspecified atom stereocenters. The molecule has 2 rings (SSSR count). The van der Waals surface area contributed by atoms with Crippen LogP contribution >= 0.6 is 0 Å². The molecular weight excluding hydrogens is 172 g/mol. The zero-order valence-corrected chi connectivity index (χ0v) is 9.03. The normalized spacial score (nSPS) is 19.9. The van der Waals surface area contributed by atoms with Crippen molar-refractivity contribution >= 4 is 0 Å². The Bertz CT molecular complexity index is 301. The summed E-state index contributed by atoms with van der Waals surface area (Å²) < 4.78 is 0. The second-order valence-corrected chi connectivity index (χ2v) is 4.37. The Balaban J connectivity index is 2.08. The van der Waals surface area contributed by atoms with Gasteiger partial charge in [0.2, 0.25) is 0 Å². The molecule has 1 fully saturated rings. The van der Waals surface area contributed by atoms with Gasteiger partial charge in [0.1, 0.15) is 0 Å². The fourth-order valence-corrected chi connectivity index (χ4v) is 2.14. The standard InChI is InChI=1S/C12H18N2/c1-10-7-12(9-13-8-10)11-3-5-14(2)6-4-11/h7-9,11H,3-6H2,1-2H3. The van der Waals surface area contributed by atoms with E-state index in [2.05, 4.69) is 29.9 Å². The lowest BCUT2D eigenvalue weighted by molar-refractivity contribution is 0.255. The van der Waals surface area contributed by atoms with Crippen LogP contribution in [-0.2, 0) is 0 Å². The van der Waals surface area contributed by atoms with E-state index in [0.29, 0.717) is 0 Å². The van der Waals surface area contributed by atoms with Crippen molar-refractivity contribution in [1.29, 1.82) is 0 Å². The second-order valence-electron chi connectivity index (χ2n) is 4.37. The van der Waals surface area contributed by atoms with E-state index in [1.54, 1.807) is 0 Å². The summed E-state index contributed by atoms with van der Waals surface area (Å²) in [5.41, 5.74) is 2.71. The van der Waals surface area contributed by atoms with Crippen LogP contribution in [0.3, 0.4) is 0 Å². The number of pyridine rings is 1. The Labute approximate surface area is 86.0 Å². The SMILES string of the molecule is Cc1cncc(C2CCN(C)CC2)c1. The summed E-state index contributed by atoms with van der Waals surface area (Å²) in [6, 6.07) is 2.28. The monoisotopic (exact) mass is 190 g/mol. The van der Waals surface area contributed by atoms with E-state index in [-0.39, 0.29) is 0 Å². The van der Waals surface area contributed by atoms with Crippen molar-refractivity contribution < 1.29 is 0 Å². The molecule has 0 amide bonds. The van der Waals surface area contributed by atoms with Gasteiger partial charge in [0.05, 0.1) is 0 Å². The van der Waals surface area contributed by atoms with Crippen molar-refractivity contribution in [3.05, 3.63) is 29.6 Å². The highest BCUT2D eigenvalue weighted by Crippen LogP contribution is 2.27. The van der Waals surface area contributed by atoms with Gasteiger partial charge in [-0.05, 0) is 56.9 Å². The van der Waals surface area contributed by atoms with E-state index in [1.165, 1.54) is 37.1 Å². The Morgan fingerprint density at radius 1 is 1.29 bits per heavy atom. The number of nitrogens with zero attached hydrogens (tertiary/aromatic N) is 2. The number of aromatic nitrogens is 1. The molecule has 0 bridgehead atoms. The Morgan fingerprint density at radius 2 is 2.00 bits per heavy atom. The summed E-state index contributed by atoms with van der Waals surface area (Å²) in [4.78, 5) is 6.67. The smallest absolute Gasteiger partial charge is 0.0302 e. The summed E-state index contributed by atoms with van der Waals surface area (Å²) in [5, 5.41) is 0. The molecule has 1 aliphatic heterocycles. The minimum atomic E-state index is 0.735. The molecule has 0 atom stereocenters. The van der Waals surface area contributed by atoms with Crippen molar-refractivity contribution in [2.75, 3.05) is 20.1 Å². The average molecular weight is 190 g/mol. The van der Waals surface area contributed by atoms with Crippen LogP contribution in [0.1, 0.15) is 29.9 Å². The largest absolute Gasteiger partial charge is 0.306 e. The molecule has 2 nitrogen and oxygen atoms in total. The summed E-state index contributed by atoms with van der Waals surface area (Å²) >= 11 is 0. The van der Waals surface area contributed by atoms with E-state index in [1.807, 2.05) is 12.4 Å². The number of aryl methyl sites for hydroxylation is 1. The van der Waals surface area contributed by atoms with Crippen LogP contribution < -0.4 is 0 Å². The second kappa shape index (κ2) is 4.09. The molecule has 0 radical (unpaired) electrons. The van der Waals surface area contributed by atoms with Crippen molar-refractivity contribution in [3.8, 4) is 0 Å². The van der Waals surface area contributed by atoms with E-state index < -0.39 is 0 Å². The third-order valence-corrected chi connectivity index (χ3v) is 3.09. The molecule has 1 saturated heterocycles. The lowest BCUT2D eigenvalue weighted by Crippen LogP contribution is -2.29. The van der Waals surface area contributed by atoms with Crippen LogP contribution in [0.25, 0.3) is 0 Å². The van der Waals surface area contributed by atoms with Crippen LogP contribution in [-0.4, -0.2) is 30.0 Å². The van der Waals surface area contributed by atoms with Gasteiger partial charge in [0.15, 0.2) is 0 Å². The molecule has 0 aliphatic carbocycles. The van der Waals surface area contributed by atoms with Gasteiger partial charge in [-0.15, -0.1) is 0 Å². The first-order chi connectivity index (χ1) is 6.75. The van der Waals surface area contributed by atoms with Crippen LogP contribution in [0.4, 0.5) is 0 Å². The van der Waals surface area contributed by atoms with E-state index in [9.17, 15) is 0 Å². The van der Waals surface area contributed by atoms with Crippen LogP contribution in [0.5, 0.6) is 0 Å². The highest BCUT2D eigenvalue weighted by molar-refractivity contribution is 5.21. The minimum absolute atomic E-state index is 0.735. The lowest BCUT2D eigenvalue weighted by Gasteiger charge is -2.29. The van der Waals surface area contributed by atoms with Gasteiger partial charge in [-0.1, -0.05) is 6.07 Å². The van der Waals surface area contributed by atoms with Gasteiger partial charge in [0, 0.05) is 12.4 Å². The molecule has 76 valence electrons. The molecule has 0 saturated carbocycles. The maximum absolute atomic E-state index is 4.26. The van der Waals surface area contributed by atoms with Crippen molar-refractivity contribution in [1.82, 2.24) is 9.88 Å². The molecule has 0 spiro atoms. The lowest BCUT2D eigenvalue weighted by atomic mass is 9.90. The Kier molecular flexibility index (Phi) is 2.82. The van der Waals surface area contributed by atoms with Gasteiger partial charge in [-0.25, -0.2) is 0 Å². The van der Waals surface area contributed by atoms with E-state index in [4.69, 9.17) is 0 Å². The number of hydrogen-bond acceptors (Lipinski definition) is 2. The molecule has 1 aromatic rings. The first-order valence-electron chi connectivity index (χ1n) is 5.36. The molecular formula is C12H18N2. The van der Waals surface area contributed by atoms with Crippen LogP contribution in [0.2, 0.25) is 0 Å². The fraction of sp³-hybridized carbons (Fsp3) is 0.583. The zero-order valence-electron chi connectivity index (χ0n) is 9.03. The van der Waals surface area contributed by atoms with Gasteiger partial charge < -0.3 is 4.90 Å². The number of piperidine rings is 1. The van der Waals surface area contributed by atoms with Gasteiger partial charge in [0.25, 0.3) is 0 Å². The van der Waals surface area contributed by atoms with Crippen LogP contribution in [0, 0.1) is 6.92 Å².